The number of H-pyrrole nitrogens is 2. The van der Waals surface area contributed by atoms with E-state index in [0.29, 0.717) is 39.2 Å². The van der Waals surface area contributed by atoms with Crippen molar-refractivity contribution in [2.75, 3.05) is 14.2 Å². The molecule has 3 N–H and O–H groups in total. The maximum absolute atomic E-state index is 13.9. The third-order valence-electron chi connectivity index (χ3n) is 12.9. The van der Waals surface area contributed by atoms with E-state index in [-0.39, 0.29) is 16.6 Å². The molecule has 33 heteroatoms. The van der Waals surface area contributed by atoms with Crippen molar-refractivity contribution in [3.05, 3.63) is 174 Å². The molecule has 2 heterocycles. The van der Waals surface area contributed by atoms with Crippen LogP contribution < -0.4 is 36.2 Å². The maximum atomic E-state index is 13.9. The van der Waals surface area contributed by atoms with Crippen molar-refractivity contribution in [3.63, 3.8) is 0 Å². The van der Waals surface area contributed by atoms with E-state index < -0.39 is 88.7 Å². The summed E-state index contributed by atoms with van der Waals surface area (Å²) in [5.41, 5.74) is 2.33. The second-order valence-corrected chi connectivity index (χ2v) is 24.2. The van der Waals surface area contributed by atoms with Crippen LogP contribution in [0.2, 0.25) is 0 Å². The lowest BCUT2D eigenvalue weighted by atomic mass is 9.83. The molecule has 0 atom stereocenters. The van der Waals surface area contributed by atoms with Gasteiger partial charge < -0.3 is 18.8 Å². The number of nitrogens with zero attached hydrogens (tertiary/aromatic N) is 2. The Morgan fingerprint density at radius 3 is 1.17 bits per heavy atom. The average molecular weight is 1320 g/mol. The molecule has 0 radical (unpaired) electrons. The quantitative estimate of drug-likeness (QED) is 0.0590. The maximum Gasteiger partial charge on any atom is 0.461 e. The highest BCUT2D eigenvalue weighted by atomic mass is 32.3. The van der Waals surface area contributed by atoms with Crippen LogP contribution in [0.15, 0.2) is 141 Å². The lowest BCUT2D eigenvalue weighted by Gasteiger charge is -2.27. The predicted molar refractivity (Wildman–Crippen MR) is 295 cm³/mol. The van der Waals surface area contributed by atoms with Crippen LogP contribution in [0.25, 0.3) is 55.2 Å². The molecule has 0 aliphatic carbocycles. The number of phenols is 1. The van der Waals surface area contributed by atoms with Gasteiger partial charge in [-0.15, -0.1) is 0 Å². The molecule has 0 aliphatic rings. The van der Waals surface area contributed by atoms with Gasteiger partial charge in [0.25, 0.3) is 11.1 Å². The van der Waals surface area contributed by atoms with Gasteiger partial charge in [0.15, 0.2) is 0 Å². The normalized spacial score (nSPS) is 13.1. The molecule has 0 saturated carbocycles. The van der Waals surface area contributed by atoms with Gasteiger partial charge in [0, 0.05) is 46.8 Å². The highest BCUT2D eigenvalue weighted by molar-refractivity contribution is 7.88. The largest absolute Gasteiger partial charge is 0.508 e. The minimum atomic E-state index is -7.35. The number of alkyl halides is 14. The first-order valence-electron chi connectivity index (χ1n) is 24.9. The van der Waals surface area contributed by atoms with E-state index in [1.165, 1.54) is 52.9 Å². The second kappa shape index (κ2) is 24.0. The van der Waals surface area contributed by atoms with Gasteiger partial charge in [0.1, 0.15) is 23.0 Å². The summed E-state index contributed by atoms with van der Waals surface area (Å²) in [6.45, 7) is 11.9. The molecule has 2 aromatic heterocycles. The number of methoxy groups -OCH3 is 2. The van der Waals surface area contributed by atoms with E-state index >= 15 is 0 Å². The minimum Gasteiger partial charge on any atom is -0.508 e. The Labute approximate surface area is 492 Å². The van der Waals surface area contributed by atoms with Crippen LogP contribution in [-0.2, 0) is 31.2 Å². The highest BCUT2D eigenvalue weighted by Crippen LogP contribution is 2.51. The van der Waals surface area contributed by atoms with Crippen molar-refractivity contribution < 1.29 is 101 Å². The third kappa shape index (κ3) is 13.9. The molecule has 8 rings (SSSR count). The molecule has 480 valence electrons. The first-order chi connectivity index (χ1) is 40.5. The Bertz CT molecular complexity index is 4510. The first kappa shape index (κ1) is 69.4. The zero-order valence-corrected chi connectivity index (χ0v) is 48.5. The van der Waals surface area contributed by atoms with Crippen LogP contribution in [0.1, 0.15) is 52.7 Å². The Morgan fingerprint density at radius 1 is 0.461 bits per heavy atom. The fourth-order valence-electron chi connectivity index (χ4n) is 8.39. The van der Waals surface area contributed by atoms with Crippen molar-refractivity contribution in [2.45, 2.75) is 87.1 Å². The SMILES string of the molecule is COc1c(-c2ccc3cc(O)ccc3c2)cc(-n2ccc(=O)[nH]c2=O)cc1C(C)(C)C.COc1c(-c2ccc3cc(OS(=O)(=O)C(F)(F)C(F)(F)C(F)(F)F)ccc3c2)cc(-n2ccc(=O)[nH]c2=O)cc1C(C)(C)C.O=S(=O)(F)C(F)(F)C(F)(F)C(F)(F)F. The van der Waals surface area contributed by atoms with E-state index in [1.54, 1.807) is 37.4 Å². The van der Waals surface area contributed by atoms with Gasteiger partial charge in [-0.2, -0.15) is 78.3 Å². The summed E-state index contributed by atoms with van der Waals surface area (Å²) in [6, 6.07) is 28.1. The van der Waals surface area contributed by atoms with Crippen LogP contribution in [-0.4, -0.2) is 90.0 Å². The number of aromatic amines is 2. The standard InChI is InChI=1S/C28H23F7N2O6S.C25H24N2O4.C3F8O2S/c1-25(2,3)21-14-18(37-10-9-22(38)36-24(37)39)13-20(23(21)42-4)17-6-5-16-12-19(8-7-15(16)11-17)43-44(40,41)28(34,35)26(29,30)27(31,32)33;1-25(2,3)21-14-18(27-10-9-22(29)26-24(27)30)13-20(23(21)31-4)17-6-5-16-12-19(28)8-7-15(16)11-17;4-1(5,2(6,7)8)3(9,10)14(11,12)13/h5-14H,1-4H3,(H,36,38,39);5-14,28H,1-4H3,(H,26,29,30);. The molecule has 89 heavy (non-hydrogen) atoms. The molecule has 0 bridgehead atoms. The Balaban J connectivity index is 0.000000242. The van der Waals surface area contributed by atoms with Crippen molar-refractivity contribution in [1.29, 1.82) is 0 Å². The minimum absolute atomic E-state index is 0.148. The van der Waals surface area contributed by atoms with Crippen molar-refractivity contribution >= 4 is 41.9 Å². The molecular weight excluding hydrogens is 1270 g/mol. The Morgan fingerprint density at radius 2 is 0.820 bits per heavy atom. The summed E-state index contributed by atoms with van der Waals surface area (Å²) in [5.74, 6) is -13.5. The Hall–Kier alpha value is -8.75. The number of benzene rings is 6. The number of fused-ring (bicyclic) bond motifs is 2. The molecule has 0 spiro atoms. The fraction of sp³-hybridized carbons (Fsp3) is 0.286. The lowest BCUT2D eigenvalue weighted by Crippen LogP contribution is -2.57. The van der Waals surface area contributed by atoms with Gasteiger partial charge in [-0.3, -0.25) is 28.7 Å². The number of ether oxygens (including phenoxy) is 2. The number of nitrogens with one attached hydrogen (secondary N) is 2. The number of phenolic OH excluding ortho intramolecular Hbond substituents is 1. The number of aromatic nitrogens is 4. The van der Waals surface area contributed by atoms with Gasteiger partial charge in [-0.25, -0.2) is 9.59 Å². The predicted octanol–water partition coefficient (Wildman–Crippen LogP) is 12.6. The smallest absolute Gasteiger partial charge is 0.461 e. The van der Waals surface area contributed by atoms with Crippen LogP contribution >= 0.6 is 0 Å². The summed E-state index contributed by atoms with van der Waals surface area (Å²) >= 11 is 0. The van der Waals surface area contributed by atoms with Crippen LogP contribution in [0, 0.1) is 0 Å². The zero-order valence-electron chi connectivity index (χ0n) is 46.9. The summed E-state index contributed by atoms with van der Waals surface area (Å²) in [6.07, 6.45) is -11.0. The fourth-order valence-corrected chi connectivity index (χ4v) is 9.71. The number of halogens is 15. The van der Waals surface area contributed by atoms with Crippen LogP contribution in [0.3, 0.4) is 0 Å². The zero-order chi connectivity index (χ0) is 67.4. The van der Waals surface area contributed by atoms with E-state index in [9.17, 15) is 106 Å². The average Bonchev–Trinajstić information content (AvgIpc) is 0.784. The van der Waals surface area contributed by atoms with E-state index in [0.717, 1.165) is 51.4 Å². The third-order valence-corrected chi connectivity index (χ3v) is 15.1. The molecule has 0 unspecified atom stereocenters. The van der Waals surface area contributed by atoms with Gasteiger partial charge in [-0.1, -0.05) is 81.8 Å². The molecule has 0 saturated heterocycles. The molecule has 16 nitrogen and oxygen atoms in total. The molecule has 0 aliphatic heterocycles. The number of hydrogen-bond donors (Lipinski definition) is 3. The number of rotatable bonds is 12. The van der Waals surface area contributed by atoms with E-state index in [4.69, 9.17) is 9.47 Å². The van der Waals surface area contributed by atoms with Crippen molar-refractivity contribution in [3.8, 4) is 56.6 Å². The molecule has 0 amide bonds. The lowest BCUT2D eigenvalue weighted by molar-refractivity contribution is -0.333. The second-order valence-electron chi connectivity index (χ2n) is 21.2. The highest BCUT2D eigenvalue weighted by Gasteiger charge is 2.80. The van der Waals surface area contributed by atoms with Crippen molar-refractivity contribution in [1.82, 2.24) is 19.1 Å². The number of hydrogen-bond acceptors (Lipinski definition) is 12. The van der Waals surface area contributed by atoms with Crippen LogP contribution in [0.5, 0.6) is 23.0 Å². The van der Waals surface area contributed by atoms with E-state index in [1.807, 2.05) is 57.2 Å². The molecule has 6 aromatic carbocycles. The van der Waals surface area contributed by atoms with Crippen LogP contribution in [0.4, 0.5) is 65.4 Å². The molecule has 8 aromatic rings. The molecular formula is C56H47F15N4O12S2. The van der Waals surface area contributed by atoms with Gasteiger partial charge in [0.2, 0.25) is 0 Å². The summed E-state index contributed by atoms with van der Waals surface area (Å²) in [4.78, 5) is 52.6. The number of aromatic hydroxyl groups is 1. The Kier molecular flexibility index (Phi) is 18.7. The molecule has 0 fully saturated rings. The van der Waals surface area contributed by atoms with E-state index in [2.05, 4.69) is 34.9 Å². The van der Waals surface area contributed by atoms with Gasteiger partial charge in [-0.05, 0) is 104 Å². The first-order valence-corrected chi connectivity index (χ1v) is 27.7. The topological polar surface area (TPSA) is 226 Å². The summed E-state index contributed by atoms with van der Waals surface area (Å²) < 4.78 is 244. The van der Waals surface area contributed by atoms with Gasteiger partial charge in [0.05, 0.1) is 25.6 Å². The summed E-state index contributed by atoms with van der Waals surface area (Å²) in [5, 5.41) is -1.31. The van der Waals surface area contributed by atoms with Crippen molar-refractivity contribution in [2.24, 2.45) is 0 Å². The monoisotopic (exact) mass is 1320 g/mol. The van der Waals surface area contributed by atoms with Gasteiger partial charge >= 0.3 is 66.4 Å². The summed E-state index contributed by atoms with van der Waals surface area (Å²) in [7, 11) is -11.1.